The minimum atomic E-state index is -0.531. The molecule has 1 heterocycles. The fourth-order valence-electron chi connectivity index (χ4n) is 2.54. The van der Waals surface area contributed by atoms with Crippen molar-refractivity contribution in [2.24, 2.45) is 0 Å². The van der Waals surface area contributed by atoms with Gasteiger partial charge < -0.3 is 9.47 Å². The minimum absolute atomic E-state index is 0.342. The van der Waals surface area contributed by atoms with Crippen molar-refractivity contribution in [2.45, 2.75) is 13.2 Å². The van der Waals surface area contributed by atoms with Crippen LogP contribution in [0, 0.1) is 6.92 Å². The van der Waals surface area contributed by atoms with E-state index >= 15 is 0 Å². The monoisotopic (exact) mass is 295 g/mol. The van der Waals surface area contributed by atoms with E-state index < -0.39 is 12.3 Å². The number of aryl methyl sites for hydroxylation is 1. The average molecular weight is 295 g/mol. The van der Waals surface area contributed by atoms with Gasteiger partial charge in [-0.05, 0) is 24.6 Å². The number of ether oxygens (including phenoxy) is 2. The van der Waals surface area contributed by atoms with Crippen LogP contribution in [0.2, 0.25) is 0 Å². The molecular weight excluding hydrogens is 278 g/mol. The summed E-state index contributed by atoms with van der Waals surface area (Å²) < 4.78 is 11.3. The summed E-state index contributed by atoms with van der Waals surface area (Å²) in [5, 5.41) is 0. The first-order valence-electron chi connectivity index (χ1n) is 7.10. The standard InChI is InChI=1S/C18H17NO3/c1-3-12-21-17-14-9-5-7-11-16(14)22-18(20)19(17)15-10-6-4-8-13(15)2/h3-11,17H,1,12H2,2H3. The van der Waals surface area contributed by atoms with E-state index in [1.807, 2.05) is 49.4 Å². The summed E-state index contributed by atoms with van der Waals surface area (Å²) in [5.41, 5.74) is 2.58. The van der Waals surface area contributed by atoms with Crippen LogP contribution in [0.25, 0.3) is 0 Å². The van der Waals surface area contributed by atoms with Crippen LogP contribution in [-0.4, -0.2) is 12.7 Å². The van der Waals surface area contributed by atoms with E-state index in [1.54, 1.807) is 17.0 Å². The van der Waals surface area contributed by atoms with Gasteiger partial charge in [0.05, 0.1) is 12.3 Å². The van der Waals surface area contributed by atoms with Crippen molar-refractivity contribution in [2.75, 3.05) is 11.5 Å². The Morgan fingerprint density at radius 1 is 1.23 bits per heavy atom. The summed E-state index contributed by atoms with van der Waals surface area (Å²) in [6.45, 7) is 5.97. The Morgan fingerprint density at radius 3 is 2.73 bits per heavy atom. The van der Waals surface area contributed by atoms with Crippen LogP contribution in [0.1, 0.15) is 17.4 Å². The SMILES string of the molecule is C=CCOC1c2ccccc2OC(=O)N1c1ccccc1C. The lowest BCUT2D eigenvalue weighted by molar-refractivity contribution is 0.0610. The maximum atomic E-state index is 12.5. The number of benzene rings is 2. The van der Waals surface area contributed by atoms with Crippen molar-refractivity contribution in [1.82, 2.24) is 0 Å². The molecule has 1 aliphatic rings. The number of para-hydroxylation sites is 2. The van der Waals surface area contributed by atoms with Gasteiger partial charge in [-0.2, -0.15) is 0 Å². The molecule has 1 atom stereocenters. The number of nitrogens with zero attached hydrogens (tertiary/aromatic N) is 1. The third kappa shape index (κ3) is 2.49. The molecule has 1 unspecified atom stereocenters. The molecule has 0 bridgehead atoms. The van der Waals surface area contributed by atoms with Crippen molar-refractivity contribution in [3.05, 3.63) is 72.3 Å². The Labute approximate surface area is 129 Å². The number of hydrogen-bond donors (Lipinski definition) is 0. The third-order valence-corrected chi connectivity index (χ3v) is 3.56. The topological polar surface area (TPSA) is 38.8 Å². The lowest BCUT2D eigenvalue weighted by Crippen LogP contribution is -2.42. The molecule has 2 aromatic rings. The number of carbonyl (C=O) groups excluding carboxylic acids is 1. The molecule has 0 N–H and O–H groups in total. The first kappa shape index (κ1) is 14.4. The molecule has 112 valence electrons. The summed E-state index contributed by atoms with van der Waals surface area (Å²) >= 11 is 0. The molecule has 4 nitrogen and oxygen atoms in total. The highest BCUT2D eigenvalue weighted by Crippen LogP contribution is 2.39. The normalized spacial score (nSPS) is 16.9. The lowest BCUT2D eigenvalue weighted by atomic mass is 10.1. The van der Waals surface area contributed by atoms with Gasteiger partial charge in [0.15, 0.2) is 6.23 Å². The summed E-state index contributed by atoms with van der Waals surface area (Å²) in [4.78, 5) is 14.0. The molecule has 1 amide bonds. The molecule has 2 aromatic carbocycles. The van der Waals surface area contributed by atoms with E-state index in [-0.39, 0.29) is 0 Å². The molecule has 0 saturated heterocycles. The van der Waals surface area contributed by atoms with Crippen LogP contribution in [0.15, 0.2) is 61.2 Å². The summed E-state index contributed by atoms with van der Waals surface area (Å²) in [6, 6.07) is 15.1. The maximum absolute atomic E-state index is 12.5. The molecule has 0 aromatic heterocycles. The Morgan fingerprint density at radius 2 is 1.95 bits per heavy atom. The quantitative estimate of drug-likeness (QED) is 0.793. The second-order valence-corrected chi connectivity index (χ2v) is 5.04. The lowest BCUT2D eigenvalue weighted by Gasteiger charge is -2.36. The molecule has 0 spiro atoms. The van der Waals surface area contributed by atoms with E-state index in [4.69, 9.17) is 9.47 Å². The van der Waals surface area contributed by atoms with Crippen LogP contribution in [0.4, 0.5) is 10.5 Å². The van der Waals surface area contributed by atoms with E-state index in [2.05, 4.69) is 6.58 Å². The van der Waals surface area contributed by atoms with Crippen LogP contribution in [-0.2, 0) is 4.74 Å². The Balaban J connectivity index is 2.09. The fraction of sp³-hybridized carbons (Fsp3) is 0.167. The predicted molar refractivity (Wildman–Crippen MR) is 85.0 cm³/mol. The van der Waals surface area contributed by atoms with Crippen molar-refractivity contribution in [3.63, 3.8) is 0 Å². The van der Waals surface area contributed by atoms with Gasteiger partial charge in [-0.1, -0.05) is 42.5 Å². The van der Waals surface area contributed by atoms with Gasteiger partial charge in [-0.3, -0.25) is 0 Å². The zero-order valence-corrected chi connectivity index (χ0v) is 12.4. The zero-order valence-electron chi connectivity index (χ0n) is 12.4. The van der Waals surface area contributed by atoms with E-state index in [9.17, 15) is 4.79 Å². The highest BCUT2D eigenvalue weighted by atomic mass is 16.6. The predicted octanol–water partition coefficient (Wildman–Crippen LogP) is 4.22. The first-order chi connectivity index (χ1) is 10.7. The Kier molecular flexibility index (Phi) is 3.94. The van der Waals surface area contributed by atoms with Crippen molar-refractivity contribution in [1.29, 1.82) is 0 Å². The number of anilines is 1. The minimum Gasteiger partial charge on any atom is -0.409 e. The molecule has 0 radical (unpaired) electrons. The van der Waals surface area contributed by atoms with Crippen molar-refractivity contribution in [3.8, 4) is 5.75 Å². The fourth-order valence-corrected chi connectivity index (χ4v) is 2.54. The molecule has 4 heteroatoms. The number of fused-ring (bicyclic) bond motifs is 1. The second kappa shape index (κ2) is 6.03. The van der Waals surface area contributed by atoms with Gasteiger partial charge in [0.1, 0.15) is 5.75 Å². The van der Waals surface area contributed by atoms with Crippen LogP contribution < -0.4 is 9.64 Å². The van der Waals surface area contributed by atoms with Crippen LogP contribution >= 0.6 is 0 Å². The average Bonchev–Trinajstić information content (AvgIpc) is 2.53. The molecule has 0 aliphatic carbocycles. The Bertz CT molecular complexity index is 711. The van der Waals surface area contributed by atoms with E-state index in [0.717, 1.165) is 16.8 Å². The highest BCUT2D eigenvalue weighted by Gasteiger charge is 2.36. The van der Waals surface area contributed by atoms with E-state index in [1.165, 1.54) is 0 Å². The summed E-state index contributed by atoms with van der Waals surface area (Å²) in [6.07, 6.45) is 0.692. The molecule has 22 heavy (non-hydrogen) atoms. The first-order valence-corrected chi connectivity index (χ1v) is 7.10. The van der Waals surface area contributed by atoms with Gasteiger partial charge in [-0.25, -0.2) is 9.69 Å². The number of rotatable bonds is 4. The number of amides is 1. The van der Waals surface area contributed by atoms with Gasteiger partial charge in [0.2, 0.25) is 0 Å². The third-order valence-electron chi connectivity index (χ3n) is 3.56. The van der Waals surface area contributed by atoms with Crippen LogP contribution in [0.5, 0.6) is 5.75 Å². The summed E-state index contributed by atoms with van der Waals surface area (Å²) in [7, 11) is 0. The Hall–Kier alpha value is -2.59. The molecule has 0 fully saturated rings. The molecule has 3 rings (SSSR count). The maximum Gasteiger partial charge on any atom is 0.422 e. The largest absolute Gasteiger partial charge is 0.422 e. The second-order valence-electron chi connectivity index (χ2n) is 5.04. The zero-order chi connectivity index (χ0) is 15.5. The van der Waals surface area contributed by atoms with Gasteiger partial charge in [0.25, 0.3) is 0 Å². The number of carbonyl (C=O) groups is 1. The van der Waals surface area contributed by atoms with E-state index in [0.29, 0.717) is 12.4 Å². The molecule has 0 saturated carbocycles. The molecular formula is C18H17NO3. The van der Waals surface area contributed by atoms with Gasteiger partial charge in [-0.15, -0.1) is 6.58 Å². The highest BCUT2D eigenvalue weighted by molar-refractivity contribution is 5.92. The summed E-state index contributed by atoms with van der Waals surface area (Å²) in [5.74, 6) is 0.534. The van der Waals surface area contributed by atoms with Crippen molar-refractivity contribution >= 4 is 11.8 Å². The van der Waals surface area contributed by atoms with Crippen LogP contribution in [0.3, 0.4) is 0 Å². The smallest absolute Gasteiger partial charge is 0.409 e. The van der Waals surface area contributed by atoms with Crippen molar-refractivity contribution < 1.29 is 14.3 Å². The molecule has 1 aliphatic heterocycles. The van der Waals surface area contributed by atoms with Gasteiger partial charge >= 0.3 is 6.09 Å². The van der Waals surface area contributed by atoms with Gasteiger partial charge in [0, 0.05) is 5.56 Å². The number of hydrogen-bond acceptors (Lipinski definition) is 3.